The van der Waals surface area contributed by atoms with Gasteiger partial charge in [0.2, 0.25) is 5.91 Å². The molecule has 2 aromatic rings. The van der Waals surface area contributed by atoms with Gasteiger partial charge in [0.25, 0.3) is 5.91 Å². The Labute approximate surface area is 143 Å². The van der Waals surface area contributed by atoms with Crippen molar-refractivity contribution in [3.8, 4) is 0 Å². The van der Waals surface area contributed by atoms with Crippen molar-refractivity contribution >= 4 is 44.8 Å². The maximum atomic E-state index is 12.3. The van der Waals surface area contributed by atoms with Gasteiger partial charge in [-0.2, -0.15) is 0 Å². The van der Waals surface area contributed by atoms with E-state index in [0.717, 1.165) is 29.3 Å². The van der Waals surface area contributed by atoms with Crippen molar-refractivity contribution in [1.29, 1.82) is 0 Å². The van der Waals surface area contributed by atoms with Crippen LogP contribution in [0.5, 0.6) is 0 Å². The number of amides is 2. The summed E-state index contributed by atoms with van der Waals surface area (Å²) in [6, 6.07) is 7.61. The van der Waals surface area contributed by atoms with Crippen LogP contribution in [-0.2, 0) is 4.79 Å². The molecule has 2 aliphatic carbocycles. The van der Waals surface area contributed by atoms with E-state index < -0.39 is 0 Å². The van der Waals surface area contributed by atoms with Gasteiger partial charge < -0.3 is 0 Å². The summed E-state index contributed by atoms with van der Waals surface area (Å²) in [5, 5.41) is 1.31. The van der Waals surface area contributed by atoms with Crippen LogP contribution in [0.15, 0.2) is 24.3 Å². The Morgan fingerprint density at radius 2 is 1.96 bits per heavy atom. The SMILES string of the molecule is O=C(NNC(=O)[C@H]1C[C@H]2CC[C@H]1C2)c1sc2ccccc2c1Cl. The van der Waals surface area contributed by atoms with Crippen LogP contribution in [0, 0.1) is 17.8 Å². The van der Waals surface area contributed by atoms with Crippen molar-refractivity contribution < 1.29 is 9.59 Å². The lowest BCUT2D eigenvalue weighted by Crippen LogP contribution is -2.45. The summed E-state index contributed by atoms with van der Waals surface area (Å²) in [7, 11) is 0. The average molecular weight is 349 g/mol. The topological polar surface area (TPSA) is 58.2 Å². The van der Waals surface area contributed by atoms with Gasteiger partial charge in [-0.05, 0) is 37.2 Å². The average Bonchev–Trinajstić information content (AvgIpc) is 3.27. The summed E-state index contributed by atoms with van der Waals surface area (Å²) in [6.07, 6.45) is 4.50. The molecule has 0 saturated heterocycles. The normalized spacial score (nSPS) is 25.7. The van der Waals surface area contributed by atoms with Gasteiger partial charge in [0, 0.05) is 16.0 Å². The number of nitrogens with one attached hydrogen (secondary N) is 2. The third kappa shape index (κ3) is 2.62. The first kappa shape index (κ1) is 15.0. The number of hydrogen-bond donors (Lipinski definition) is 2. The van der Waals surface area contributed by atoms with E-state index >= 15 is 0 Å². The molecule has 0 radical (unpaired) electrons. The molecule has 0 spiro atoms. The second-order valence-electron chi connectivity index (χ2n) is 6.47. The van der Waals surface area contributed by atoms with E-state index in [9.17, 15) is 9.59 Å². The van der Waals surface area contributed by atoms with Gasteiger partial charge in [-0.25, -0.2) is 0 Å². The number of hydrogen-bond acceptors (Lipinski definition) is 3. The predicted octanol–water partition coefficient (Wildman–Crippen LogP) is 3.75. The zero-order chi connectivity index (χ0) is 16.0. The Morgan fingerprint density at radius 1 is 1.13 bits per heavy atom. The lowest BCUT2D eigenvalue weighted by atomic mass is 9.88. The fourth-order valence-corrected chi connectivity index (χ4v) is 5.41. The Hall–Kier alpha value is -1.59. The molecule has 2 saturated carbocycles. The first-order valence-electron chi connectivity index (χ1n) is 7.90. The second-order valence-corrected chi connectivity index (χ2v) is 7.90. The molecule has 3 atom stereocenters. The zero-order valence-corrected chi connectivity index (χ0v) is 14.0. The highest BCUT2D eigenvalue weighted by Gasteiger charge is 2.43. The second kappa shape index (κ2) is 5.80. The van der Waals surface area contributed by atoms with Crippen molar-refractivity contribution in [2.45, 2.75) is 25.7 Å². The van der Waals surface area contributed by atoms with Crippen molar-refractivity contribution in [1.82, 2.24) is 10.9 Å². The number of hydrazine groups is 1. The predicted molar refractivity (Wildman–Crippen MR) is 91.4 cm³/mol. The minimum Gasteiger partial charge on any atom is -0.273 e. The summed E-state index contributed by atoms with van der Waals surface area (Å²) in [6.45, 7) is 0. The number of thiophene rings is 1. The lowest BCUT2D eigenvalue weighted by molar-refractivity contribution is -0.127. The third-order valence-electron chi connectivity index (χ3n) is 5.12. The van der Waals surface area contributed by atoms with Crippen LogP contribution < -0.4 is 10.9 Å². The summed E-state index contributed by atoms with van der Waals surface area (Å²) >= 11 is 7.62. The van der Waals surface area contributed by atoms with E-state index in [2.05, 4.69) is 10.9 Å². The molecule has 2 bridgehead atoms. The zero-order valence-electron chi connectivity index (χ0n) is 12.5. The Morgan fingerprint density at radius 3 is 2.65 bits per heavy atom. The highest BCUT2D eigenvalue weighted by Crippen LogP contribution is 2.48. The highest BCUT2D eigenvalue weighted by atomic mass is 35.5. The number of carbonyl (C=O) groups is 2. The van der Waals surface area contributed by atoms with Crippen LogP contribution in [0.1, 0.15) is 35.4 Å². The molecule has 4 rings (SSSR count). The fourth-order valence-electron chi connectivity index (χ4n) is 3.99. The smallest absolute Gasteiger partial charge is 0.273 e. The van der Waals surface area contributed by atoms with Crippen LogP contribution in [0.4, 0.5) is 0 Å². The summed E-state index contributed by atoms with van der Waals surface area (Å²) in [5.74, 6) is 0.815. The fraction of sp³-hybridized carbons (Fsp3) is 0.412. The standard InChI is InChI=1S/C17H17ClN2O2S/c18-14-11-3-1-2-4-13(11)23-15(14)17(22)20-19-16(21)12-8-9-5-6-10(12)7-9/h1-4,9-10,12H,5-8H2,(H,19,21)(H,20,22)/t9-,10-,12-/m0/s1. The largest absolute Gasteiger partial charge is 0.281 e. The molecular formula is C17H17ClN2O2S. The van der Waals surface area contributed by atoms with Gasteiger partial charge in [-0.3, -0.25) is 20.4 Å². The van der Waals surface area contributed by atoms with E-state index in [0.29, 0.717) is 21.7 Å². The number of benzene rings is 1. The third-order valence-corrected chi connectivity index (χ3v) is 6.79. The van der Waals surface area contributed by atoms with Gasteiger partial charge in [-0.15, -0.1) is 11.3 Å². The number of rotatable bonds is 2. The lowest BCUT2D eigenvalue weighted by Gasteiger charge is -2.20. The minimum atomic E-state index is -0.354. The molecule has 1 aromatic heterocycles. The van der Waals surface area contributed by atoms with Gasteiger partial charge in [-0.1, -0.05) is 36.2 Å². The maximum Gasteiger partial charge on any atom is 0.281 e. The Kier molecular flexibility index (Phi) is 3.77. The van der Waals surface area contributed by atoms with Crippen LogP contribution in [0.25, 0.3) is 10.1 Å². The van der Waals surface area contributed by atoms with Gasteiger partial charge in [0.05, 0.1) is 5.02 Å². The molecule has 2 N–H and O–H groups in total. The van der Waals surface area contributed by atoms with E-state index in [1.165, 1.54) is 17.8 Å². The highest BCUT2D eigenvalue weighted by molar-refractivity contribution is 7.21. The van der Waals surface area contributed by atoms with E-state index in [1.807, 2.05) is 24.3 Å². The Bertz CT molecular complexity index is 788. The summed E-state index contributed by atoms with van der Waals surface area (Å²) in [4.78, 5) is 25.0. The van der Waals surface area contributed by atoms with Crippen molar-refractivity contribution in [2.24, 2.45) is 17.8 Å². The van der Waals surface area contributed by atoms with Gasteiger partial charge >= 0.3 is 0 Å². The first-order valence-corrected chi connectivity index (χ1v) is 9.10. The quantitative estimate of drug-likeness (QED) is 0.812. The molecule has 23 heavy (non-hydrogen) atoms. The van der Waals surface area contributed by atoms with Crippen molar-refractivity contribution in [2.75, 3.05) is 0 Å². The van der Waals surface area contributed by atoms with E-state index in [-0.39, 0.29) is 17.7 Å². The van der Waals surface area contributed by atoms with E-state index in [4.69, 9.17) is 11.6 Å². The molecule has 0 unspecified atom stereocenters. The molecule has 120 valence electrons. The number of fused-ring (bicyclic) bond motifs is 3. The van der Waals surface area contributed by atoms with Crippen LogP contribution >= 0.6 is 22.9 Å². The van der Waals surface area contributed by atoms with Crippen LogP contribution in [-0.4, -0.2) is 11.8 Å². The molecule has 1 aromatic carbocycles. The molecule has 0 aliphatic heterocycles. The van der Waals surface area contributed by atoms with E-state index in [1.54, 1.807) is 0 Å². The molecule has 1 heterocycles. The number of carbonyl (C=O) groups excluding carboxylic acids is 2. The summed E-state index contributed by atoms with van der Waals surface area (Å²) < 4.78 is 0.960. The van der Waals surface area contributed by atoms with Crippen molar-refractivity contribution in [3.63, 3.8) is 0 Å². The van der Waals surface area contributed by atoms with Gasteiger partial charge in [0.1, 0.15) is 4.88 Å². The molecule has 6 heteroatoms. The van der Waals surface area contributed by atoms with Crippen LogP contribution in [0.3, 0.4) is 0 Å². The summed E-state index contributed by atoms with van der Waals surface area (Å²) in [5.41, 5.74) is 5.11. The number of halogens is 1. The maximum absolute atomic E-state index is 12.3. The van der Waals surface area contributed by atoms with Crippen LogP contribution in [0.2, 0.25) is 5.02 Å². The Balaban J connectivity index is 1.43. The first-order chi connectivity index (χ1) is 11.1. The molecular weight excluding hydrogens is 332 g/mol. The van der Waals surface area contributed by atoms with Crippen molar-refractivity contribution in [3.05, 3.63) is 34.2 Å². The minimum absolute atomic E-state index is 0.0481. The molecule has 2 amide bonds. The molecule has 2 aliphatic rings. The molecule has 4 nitrogen and oxygen atoms in total. The monoisotopic (exact) mass is 348 g/mol. The molecule has 2 fully saturated rings. The van der Waals surface area contributed by atoms with Gasteiger partial charge in [0.15, 0.2) is 0 Å².